The van der Waals surface area contributed by atoms with Gasteiger partial charge in [0.1, 0.15) is 24.2 Å². The molecule has 9 heteroatoms. The lowest BCUT2D eigenvalue weighted by molar-refractivity contribution is -0.274. The number of ether oxygens (including phenoxy) is 2. The Labute approximate surface area is 166 Å². The van der Waals surface area contributed by atoms with Crippen molar-refractivity contribution in [2.75, 3.05) is 0 Å². The van der Waals surface area contributed by atoms with E-state index in [-0.39, 0.29) is 24.4 Å². The second-order valence-electron chi connectivity index (χ2n) is 6.82. The van der Waals surface area contributed by atoms with Gasteiger partial charge in [0.15, 0.2) is 0 Å². The molecule has 2 atom stereocenters. The minimum Gasteiger partial charge on any atom is -0.471 e. The summed E-state index contributed by atoms with van der Waals surface area (Å²) in [6.07, 6.45) is -1.70. The average Bonchev–Trinajstić information content (AvgIpc) is 3.04. The Bertz CT molecular complexity index is 826. The molecule has 1 aromatic heterocycles. The quantitative estimate of drug-likeness (QED) is 0.687. The molecule has 0 fully saturated rings. The number of halogens is 3. The first-order valence-electron chi connectivity index (χ1n) is 9.19. The highest BCUT2D eigenvalue weighted by Gasteiger charge is 2.31. The Morgan fingerprint density at radius 1 is 1.21 bits per heavy atom. The molecular formula is C20H22F3N3O3. The first kappa shape index (κ1) is 20.9. The Morgan fingerprint density at radius 2 is 1.97 bits per heavy atom. The third kappa shape index (κ3) is 6.08. The van der Waals surface area contributed by atoms with Crippen molar-refractivity contribution in [2.24, 2.45) is 0 Å². The van der Waals surface area contributed by atoms with Crippen LogP contribution in [0.5, 0.6) is 5.75 Å². The van der Waals surface area contributed by atoms with E-state index in [9.17, 15) is 13.2 Å². The molecule has 1 N–H and O–H groups in total. The molecule has 1 aliphatic rings. The predicted octanol–water partition coefficient (Wildman–Crippen LogP) is 4.61. The van der Waals surface area contributed by atoms with Gasteiger partial charge in [-0.2, -0.15) is 10.2 Å². The van der Waals surface area contributed by atoms with Gasteiger partial charge in [-0.1, -0.05) is 19.1 Å². The highest BCUT2D eigenvalue weighted by molar-refractivity contribution is 5.29. The van der Waals surface area contributed by atoms with Gasteiger partial charge in [0.2, 0.25) is 5.88 Å². The molecule has 0 spiro atoms. The lowest BCUT2D eigenvalue weighted by Crippen LogP contribution is -2.17. The molecule has 0 bridgehead atoms. The Balaban J connectivity index is 1.49. The molecule has 0 saturated carbocycles. The van der Waals surface area contributed by atoms with Crippen molar-refractivity contribution >= 4 is 0 Å². The van der Waals surface area contributed by atoms with Crippen molar-refractivity contribution in [2.45, 2.75) is 51.7 Å². The lowest BCUT2D eigenvalue weighted by Gasteiger charge is -2.16. The van der Waals surface area contributed by atoms with Crippen LogP contribution < -0.4 is 10.2 Å². The number of hydroxylamine groups is 1. The fourth-order valence-electron chi connectivity index (χ4n) is 2.98. The summed E-state index contributed by atoms with van der Waals surface area (Å²) < 4.78 is 46.4. The van der Waals surface area contributed by atoms with Crippen LogP contribution in [0.2, 0.25) is 0 Å². The summed E-state index contributed by atoms with van der Waals surface area (Å²) >= 11 is 0. The fraction of sp³-hybridized carbons (Fsp3) is 0.400. The maximum atomic E-state index is 12.3. The average molecular weight is 409 g/mol. The van der Waals surface area contributed by atoms with Gasteiger partial charge in [-0.3, -0.25) is 4.84 Å². The van der Waals surface area contributed by atoms with Crippen LogP contribution in [0.15, 0.2) is 54.1 Å². The van der Waals surface area contributed by atoms with Crippen molar-refractivity contribution < 1.29 is 27.5 Å². The molecule has 1 aliphatic heterocycles. The van der Waals surface area contributed by atoms with Gasteiger partial charge in [0, 0.05) is 11.8 Å². The molecule has 0 aliphatic carbocycles. The van der Waals surface area contributed by atoms with Gasteiger partial charge in [-0.15, -0.1) is 13.2 Å². The Hall–Kier alpha value is -2.81. The van der Waals surface area contributed by atoms with E-state index < -0.39 is 6.36 Å². The van der Waals surface area contributed by atoms with E-state index in [1.165, 1.54) is 12.1 Å². The first-order valence-corrected chi connectivity index (χ1v) is 9.19. The highest BCUT2D eigenvalue weighted by atomic mass is 19.4. The van der Waals surface area contributed by atoms with Gasteiger partial charge < -0.3 is 9.47 Å². The van der Waals surface area contributed by atoms with Gasteiger partial charge in [-0.25, -0.2) is 5.48 Å². The second-order valence-corrected chi connectivity index (χ2v) is 6.82. The third-order valence-corrected chi connectivity index (χ3v) is 4.67. The number of benzene rings is 1. The van der Waals surface area contributed by atoms with Crippen LogP contribution in [0, 0.1) is 0 Å². The highest BCUT2D eigenvalue weighted by Crippen LogP contribution is 2.29. The van der Waals surface area contributed by atoms with Crippen LogP contribution in [0.25, 0.3) is 0 Å². The number of aromatic nitrogens is 2. The van der Waals surface area contributed by atoms with Crippen molar-refractivity contribution in [3.05, 3.63) is 65.3 Å². The number of hydrogen-bond donors (Lipinski definition) is 1. The number of nitrogens with one attached hydrogen (secondary N) is 1. The zero-order valence-corrected chi connectivity index (χ0v) is 16.1. The molecule has 2 unspecified atom stereocenters. The fourth-order valence-corrected chi connectivity index (χ4v) is 2.98. The van der Waals surface area contributed by atoms with Gasteiger partial charge in [-0.05, 0) is 55.5 Å². The first-order chi connectivity index (χ1) is 13.8. The normalized spacial score (nSPS) is 17.8. The van der Waals surface area contributed by atoms with Crippen LogP contribution >= 0.6 is 0 Å². The molecule has 3 rings (SSSR count). The Morgan fingerprint density at radius 3 is 2.62 bits per heavy atom. The van der Waals surface area contributed by atoms with Crippen LogP contribution in [0.4, 0.5) is 13.2 Å². The maximum absolute atomic E-state index is 12.3. The SMILES string of the molecule is CC1=C(OCc2cccnn2)NOC1CCC(C)c1ccc(OC(F)(F)F)cc1. The summed E-state index contributed by atoms with van der Waals surface area (Å²) in [6.45, 7) is 4.24. The van der Waals surface area contributed by atoms with E-state index >= 15 is 0 Å². The number of rotatable bonds is 8. The number of hydrogen-bond acceptors (Lipinski definition) is 6. The van der Waals surface area contributed by atoms with E-state index in [4.69, 9.17) is 9.57 Å². The standard InChI is InChI=1S/C20H22F3N3O3/c1-13(15-6-8-17(9-7-15)28-20(21,22)23)5-10-18-14(2)19(26-29-18)27-12-16-4-3-11-24-25-16/h3-4,6-9,11,13,18,26H,5,10,12H2,1-2H3. The molecule has 6 nitrogen and oxygen atoms in total. The molecule has 0 radical (unpaired) electrons. The van der Waals surface area contributed by atoms with Gasteiger partial charge in [0.05, 0.1) is 0 Å². The minimum atomic E-state index is -4.68. The monoisotopic (exact) mass is 409 g/mol. The van der Waals surface area contributed by atoms with Crippen molar-refractivity contribution in [3.8, 4) is 5.75 Å². The summed E-state index contributed by atoms with van der Waals surface area (Å²) in [5.74, 6) is 0.498. The van der Waals surface area contributed by atoms with E-state index in [0.717, 1.165) is 24.0 Å². The van der Waals surface area contributed by atoms with Crippen LogP contribution in [-0.2, 0) is 16.2 Å². The van der Waals surface area contributed by atoms with Crippen molar-refractivity contribution in [3.63, 3.8) is 0 Å². The summed E-state index contributed by atoms with van der Waals surface area (Å²) in [5.41, 5.74) is 5.41. The van der Waals surface area contributed by atoms with Crippen molar-refractivity contribution in [1.82, 2.24) is 15.7 Å². The molecule has 1 aromatic carbocycles. The van der Waals surface area contributed by atoms with E-state index in [0.29, 0.717) is 11.6 Å². The molecule has 29 heavy (non-hydrogen) atoms. The van der Waals surface area contributed by atoms with Crippen LogP contribution in [0.1, 0.15) is 43.9 Å². The molecule has 2 heterocycles. The largest absolute Gasteiger partial charge is 0.573 e. The topological polar surface area (TPSA) is 65.5 Å². The van der Waals surface area contributed by atoms with Crippen LogP contribution in [0.3, 0.4) is 0 Å². The zero-order valence-electron chi connectivity index (χ0n) is 16.1. The molecule has 156 valence electrons. The summed E-state index contributed by atoms with van der Waals surface area (Å²) in [6, 6.07) is 9.57. The Kier molecular flexibility index (Phi) is 6.58. The van der Waals surface area contributed by atoms with Gasteiger partial charge >= 0.3 is 6.36 Å². The maximum Gasteiger partial charge on any atom is 0.573 e. The van der Waals surface area contributed by atoms with E-state index in [2.05, 4.69) is 20.4 Å². The lowest BCUT2D eigenvalue weighted by atomic mass is 9.93. The van der Waals surface area contributed by atoms with E-state index in [1.807, 2.05) is 19.9 Å². The summed E-state index contributed by atoms with van der Waals surface area (Å²) in [7, 11) is 0. The zero-order chi connectivity index (χ0) is 20.9. The molecule has 0 saturated heterocycles. The molecule has 0 amide bonds. The molecule has 2 aromatic rings. The number of alkyl halides is 3. The van der Waals surface area contributed by atoms with Crippen LogP contribution in [-0.4, -0.2) is 22.7 Å². The van der Waals surface area contributed by atoms with Gasteiger partial charge in [0.25, 0.3) is 0 Å². The molecular weight excluding hydrogens is 387 g/mol. The minimum absolute atomic E-state index is 0.137. The summed E-state index contributed by atoms with van der Waals surface area (Å²) in [4.78, 5) is 5.60. The second kappa shape index (κ2) is 9.13. The smallest absolute Gasteiger partial charge is 0.471 e. The summed E-state index contributed by atoms with van der Waals surface area (Å²) in [5, 5.41) is 7.77. The predicted molar refractivity (Wildman–Crippen MR) is 98.3 cm³/mol. The van der Waals surface area contributed by atoms with E-state index in [1.54, 1.807) is 24.4 Å². The number of nitrogens with zero attached hydrogens (tertiary/aromatic N) is 2. The van der Waals surface area contributed by atoms with Crippen molar-refractivity contribution in [1.29, 1.82) is 0 Å². The third-order valence-electron chi connectivity index (χ3n) is 4.67.